The highest BCUT2D eigenvalue weighted by Crippen LogP contribution is 2.43. The lowest BCUT2D eigenvalue weighted by Crippen LogP contribution is -2.30. The summed E-state index contributed by atoms with van der Waals surface area (Å²) in [5, 5.41) is -0.0382. The van der Waals surface area contributed by atoms with Gasteiger partial charge in [-0.25, -0.2) is 0 Å². The first kappa shape index (κ1) is 15.7. The van der Waals surface area contributed by atoms with E-state index in [1.54, 1.807) is 30.0 Å². The fourth-order valence-electron chi connectivity index (χ4n) is 3.36. The molecule has 0 unspecified atom stereocenters. The summed E-state index contributed by atoms with van der Waals surface area (Å²) in [5.74, 6) is 3.70. The summed E-state index contributed by atoms with van der Waals surface area (Å²) in [4.78, 5) is 15.0. The van der Waals surface area contributed by atoms with Crippen molar-refractivity contribution >= 4 is 17.7 Å². The number of ether oxygens (including phenoxy) is 4. The number of carbonyl (C=O) groups is 1. The van der Waals surface area contributed by atoms with Gasteiger partial charge in [-0.2, -0.15) is 0 Å². The van der Waals surface area contributed by atoms with E-state index in [2.05, 4.69) is 0 Å². The van der Waals surface area contributed by atoms with Crippen molar-refractivity contribution in [1.82, 2.24) is 4.90 Å². The van der Waals surface area contributed by atoms with Crippen LogP contribution in [-0.2, 0) is 0 Å². The Kier molecular flexibility index (Phi) is 3.81. The molecule has 0 radical (unpaired) electrons. The van der Waals surface area contributed by atoms with Gasteiger partial charge in [-0.05, 0) is 35.9 Å². The molecule has 0 aliphatic carbocycles. The van der Waals surface area contributed by atoms with Crippen LogP contribution in [-0.4, -0.2) is 43.1 Å². The Morgan fingerprint density at radius 2 is 1.65 bits per heavy atom. The molecule has 0 saturated carbocycles. The Hall–Kier alpha value is -2.54. The third kappa shape index (κ3) is 2.63. The molecule has 2 aromatic rings. The molecule has 26 heavy (non-hydrogen) atoms. The highest BCUT2D eigenvalue weighted by molar-refractivity contribution is 7.99. The zero-order valence-corrected chi connectivity index (χ0v) is 14.8. The van der Waals surface area contributed by atoms with E-state index >= 15 is 0 Å². The highest BCUT2D eigenvalue weighted by Gasteiger charge is 2.32. The number of fused-ring (bicyclic) bond motifs is 2. The number of rotatable bonds is 2. The first-order chi connectivity index (χ1) is 12.8. The number of hydrogen-bond acceptors (Lipinski definition) is 6. The minimum absolute atomic E-state index is 0.00631. The van der Waals surface area contributed by atoms with E-state index in [9.17, 15) is 4.79 Å². The van der Waals surface area contributed by atoms with E-state index < -0.39 is 0 Å². The first-order valence-corrected chi connectivity index (χ1v) is 9.56. The summed E-state index contributed by atoms with van der Waals surface area (Å²) in [6.45, 7) is 2.02. The van der Waals surface area contributed by atoms with Crippen LogP contribution in [0.4, 0.5) is 0 Å². The van der Waals surface area contributed by atoms with Crippen molar-refractivity contribution in [2.75, 3.05) is 32.3 Å². The minimum atomic E-state index is -0.0382. The number of amides is 1. The van der Waals surface area contributed by atoms with E-state index in [4.69, 9.17) is 18.9 Å². The molecule has 134 valence electrons. The van der Waals surface area contributed by atoms with Gasteiger partial charge in [0.1, 0.15) is 18.6 Å². The fraction of sp³-hybridized carbons (Fsp3) is 0.316. The molecule has 0 bridgehead atoms. The van der Waals surface area contributed by atoms with E-state index in [1.807, 2.05) is 23.1 Å². The molecule has 2 aromatic carbocycles. The molecule has 3 heterocycles. The Labute approximate surface area is 155 Å². The lowest BCUT2D eigenvalue weighted by atomic mass is 10.1. The van der Waals surface area contributed by atoms with Crippen molar-refractivity contribution in [1.29, 1.82) is 0 Å². The number of nitrogens with zero attached hydrogens (tertiary/aromatic N) is 1. The van der Waals surface area contributed by atoms with Crippen LogP contribution >= 0.6 is 11.8 Å². The van der Waals surface area contributed by atoms with Crippen molar-refractivity contribution in [3.05, 3.63) is 47.5 Å². The Bertz CT molecular complexity index is 871. The van der Waals surface area contributed by atoms with Gasteiger partial charge >= 0.3 is 0 Å². The maximum atomic E-state index is 13.1. The standard InChI is InChI=1S/C19H17NO5S/c21-18(12-1-3-15-17(9-12)25-11-24-15)20-5-8-26-19(20)13-2-4-14-16(10-13)23-7-6-22-14/h1-4,9-10,19H,5-8,11H2/t19-/m0/s1. The van der Waals surface area contributed by atoms with Gasteiger partial charge in [-0.1, -0.05) is 6.07 Å². The van der Waals surface area contributed by atoms with Crippen LogP contribution in [0.25, 0.3) is 0 Å². The third-order valence-electron chi connectivity index (χ3n) is 4.62. The largest absolute Gasteiger partial charge is 0.486 e. The maximum Gasteiger partial charge on any atom is 0.255 e. The van der Waals surface area contributed by atoms with E-state index in [-0.39, 0.29) is 18.1 Å². The first-order valence-electron chi connectivity index (χ1n) is 8.51. The van der Waals surface area contributed by atoms with E-state index in [0.29, 0.717) is 36.8 Å². The molecule has 3 aliphatic rings. The quantitative estimate of drug-likeness (QED) is 0.809. The molecule has 6 nitrogen and oxygen atoms in total. The van der Waals surface area contributed by atoms with Crippen LogP contribution in [0.5, 0.6) is 23.0 Å². The lowest BCUT2D eigenvalue weighted by molar-refractivity contribution is 0.0759. The SMILES string of the molecule is O=C(c1ccc2c(c1)OCO2)N1CCS[C@H]1c1ccc2c(c1)OCCO2. The van der Waals surface area contributed by atoms with Crippen molar-refractivity contribution in [2.45, 2.75) is 5.37 Å². The molecule has 1 amide bonds. The van der Waals surface area contributed by atoms with Gasteiger partial charge in [-0.3, -0.25) is 4.79 Å². The molecule has 1 fully saturated rings. The molecule has 7 heteroatoms. The summed E-state index contributed by atoms with van der Waals surface area (Å²) in [5.41, 5.74) is 1.66. The average Bonchev–Trinajstić information content (AvgIpc) is 3.35. The number of carbonyl (C=O) groups excluding carboxylic acids is 1. The van der Waals surface area contributed by atoms with Crippen LogP contribution in [0.15, 0.2) is 36.4 Å². The van der Waals surface area contributed by atoms with Gasteiger partial charge < -0.3 is 23.8 Å². The summed E-state index contributed by atoms with van der Waals surface area (Å²) in [6, 6.07) is 11.3. The van der Waals surface area contributed by atoms with Crippen LogP contribution < -0.4 is 18.9 Å². The zero-order valence-electron chi connectivity index (χ0n) is 14.0. The third-order valence-corrected chi connectivity index (χ3v) is 5.88. The second kappa shape index (κ2) is 6.32. The maximum absolute atomic E-state index is 13.1. The van der Waals surface area contributed by atoms with Gasteiger partial charge in [0.15, 0.2) is 23.0 Å². The van der Waals surface area contributed by atoms with Crippen molar-refractivity contribution < 1.29 is 23.7 Å². The lowest BCUT2D eigenvalue weighted by Gasteiger charge is -2.26. The van der Waals surface area contributed by atoms with Crippen LogP contribution in [0, 0.1) is 0 Å². The Balaban J connectivity index is 1.42. The fourth-order valence-corrected chi connectivity index (χ4v) is 4.61. The van der Waals surface area contributed by atoms with Gasteiger partial charge in [0.05, 0.1) is 0 Å². The van der Waals surface area contributed by atoms with Gasteiger partial charge in [0, 0.05) is 17.9 Å². The molecular formula is C19H17NO5S. The Morgan fingerprint density at radius 1 is 0.923 bits per heavy atom. The smallest absolute Gasteiger partial charge is 0.255 e. The molecule has 3 aliphatic heterocycles. The molecule has 5 rings (SSSR count). The predicted molar refractivity (Wildman–Crippen MR) is 96.2 cm³/mol. The topological polar surface area (TPSA) is 57.2 Å². The summed E-state index contributed by atoms with van der Waals surface area (Å²) < 4.78 is 22.0. The summed E-state index contributed by atoms with van der Waals surface area (Å²) in [7, 11) is 0. The van der Waals surface area contributed by atoms with Gasteiger partial charge in [0.25, 0.3) is 5.91 Å². The molecule has 0 aromatic heterocycles. The van der Waals surface area contributed by atoms with Crippen LogP contribution in [0.1, 0.15) is 21.3 Å². The van der Waals surface area contributed by atoms with E-state index in [1.165, 1.54) is 0 Å². The number of hydrogen-bond donors (Lipinski definition) is 0. The predicted octanol–water partition coefficient (Wildman–Crippen LogP) is 3.07. The second-order valence-electron chi connectivity index (χ2n) is 6.19. The van der Waals surface area contributed by atoms with Crippen molar-refractivity contribution in [3.8, 4) is 23.0 Å². The van der Waals surface area contributed by atoms with E-state index in [0.717, 1.165) is 22.8 Å². The monoisotopic (exact) mass is 371 g/mol. The van der Waals surface area contributed by atoms with Crippen molar-refractivity contribution in [2.24, 2.45) is 0 Å². The number of benzene rings is 2. The van der Waals surface area contributed by atoms with Crippen molar-refractivity contribution in [3.63, 3.8) is 0 Å². The van der Waals surface area contributed by atoms with Crippen LogP contribution in [0.2, 0.25) is 0 Å². The molecular weight excluding hydrogens is 354 g/mol. The molecule has 1 atom stereocenters. The summed E-state index contributed by atoms with van der Waals surface area (Å²) >= 11 is 1.76. The minimum Gasteiger partial charge on any atom is -0.486 e. The van der Waals surface area contributed by atoms with Crippen LogP contribution in [0.3, 0.4) is 0 Å². The molecule has 0 N–H and O–H groups in total. The zero-order chi connectivity index (χ0) is 17.5. The average molecular weight is 371 g/mol. The highest BCUT2D eigenvalue weighted by atomic mass is 32.2. The second-order valence-corrected chi connectivity index (χ2v) is 7.38. The summed E-state index contributed by atoms with van der Waals surface area (Å²) in [6.07, 6.45) is 0. The normalized spacial score (nSPS) is 20.3. The Morgan fingerprint density at radius 3 is 2.58 bits per heavy atom. The number of thioether (sulfide) groups is 1. The molecule has 0 spiro atoms. The molecule has 1 saturated heterocycles. The van der Waals surface area contributed by atoms with Gasteiger partial charge in [-0.15, -0.1) is 11.8 Å². The van der Waals surface area contributed by atoms with Gasteiger partial charge in [0.2, 0.25) is 6.79 Å².